The lowest BCUT2D eigenvalue weighted by Gasteiger charge is -2.12. The third-order valence-corrected chi connectivity index (χ3v) is 6.06. The number of rotatable bonds is 5. The lowest BCUT2D eigenvalue weighted by atomic mass is 9.92. The summed E-state index contributed by atoms with van der Waals surface area (Å²) in [5.74, 6) is 0.889. The van der Waals surface area contributed by atoms with Crippen LogP contribution < -0.4 is 0 Å². The van der Waals surface area contributed by atoms with E-state index >= 15 is 0 Å². The first-order valence-electron chi connectivity index (χ1n) is 11.1. The van der Waals surface area contributed by atoms with Crippen molar-refractivity contribution < 1.29 is 4.42 Å². The Hall–Kier alpha value is -3.39. The van der Waals surface area contributed by atoms with E-state index in [-0.39, 0.29) is 5.92 Å². The van der Waals surface area contributed by atoms with Crippen molar-refractivity contribution in [3.8, 4) is 11.3 Å². The molecule has 1 atom stereocenters. The van der Waals surface area contributed by atoms with E-state index in [0.717, 1.165) is 39.6 Å². The van der Waals surface area contributed by atoms with Gasteiger partial charge in [0, 0.05) is 34.0 Å². The summed E-state index contributed by atoms with van der Waals surface area (Å²) in [6.07, 6.45) is 2.98. The molecule has 0 amide bonds. The largest absolute Gasteiger partial charge is 0.456 e. The number of furan rings is 1. The average Bonchev–Trinajstić information content (AvgIpc) is 3.17. The molecule has 31 heavy (non-hydrogen) atoms. The maximum Gasteiger partial charge on any atom is 0.139 e. The van der Waals surface area contributed by atoms with Gasteiger partial charge in [-0.05, 0) is 53.8 Å². The van der Waals surface area contributed by atoms with E-state index in [9.17, 15) is 0 Å². The van der Waals surface area contributed by atoms with Crippen molar-refractivity contribution in [1.82, 2.24) is 4.98 Å². The summed E-state index contributed by atoms with van der Waals surface area (Å²) in [4.78, 5) is 4.64. The molecule has 2 heterocycles. The molecular formula is C29H27NO. The maximum absolute atomic E-state index is 6.37. The molecule has 2 nitrogen and oxygen atoms in total. The number of hydrogen-bond acceptors (Lipinski definition) is 2. The van der Waals surface area contributed by atoms with Gasteiger partial charge < -0.3 is 4.42 Å². The minimum absolute atomic E-state index is 0.263. The maximum atomic E-state index is 6.37. The predicted octanol–water partition coefficient (Wildman–Crippen LogP) is 8.00. The van der Waals surface area contributed by atoms with Gasteiger partial charge in [-0.2, -0.15) is 0 Å². The van der Waals surface area contributed by atoms with Gasteiger partial charge in [0.1, 0.15) is 11.2 Å². The van der Waals surface area contributed by atoms with Gasteiger partial charge in [-0.25, -0.2) is 0 Å². The first-order valence-corrected chi connectivity index (χ1v) is 11.1. The summed E-state index contributed by atoms with van der Waals surface area (Å²) in [7, 11) is 0. The van der Waals surface area contributed by atoms with Crippen molar-refractivity contribution in [2.45, 2.75) is 33.1 Å². The Bertz CT molecular complexity index is 1350. The normalized spacial score (nSPS) is 12.6. The average molecular weight is 406 g/mol. The van der Waals surface area contributed by atoms with E-state index in [2.05, 4.69) is 105 Å². The zero-order chi connectivity index (χ0) is 21.4. The Kier molecular flexibility index (Phi) is 5.07. The highest BCUT2D eigenvalue weighted by Gasteiger charge is 2.17. The molecule has 2 aromatic heterocycles. The molecule has 5 rings (SSSR count). The molecule has 0 radical (unpaired) electrons. The first-order chi connectivity index (χ1) is 15.1. The van der Waals surface area contributed by atoms with Crippen LogP contribution in [-0.2, 0) is 6.42 Å². The van der Waals surface area contributed by atoms with Crippen LogP contribution in [-0.4, -0.2) is 4.98 Å². The summed E-state index contributed by atoms with van der Waals surface area (Å²) >= 11 is 0. The minimum atomic E-state index is 0.263. The van der Waals surface area contributed by atoms with Crippen LogP contribution in [0.2, 0.25) is 0 Å². The highest BCUT2D eigenvalue weighted by molar-refractivity contribution is 6.07. The second-order valence-corrected chi connectivity index (χ2v) is 8.82. The molecule has 0 aliphatic rings. The number of pyridine rings is 1. The van der Waals surface area contributed by atoms with Crippen molar-refractivity contribution in [3.63, 3.8) is 0 Å². The monoisotopic (exact) mass is 405 g/mol. The summed E-state index contributed by atoms with van der Waals surface area (Å²) in [6.45, 7) is 6.74. The Balaban J connectivity index is 1.61. The molecular weight excluding hydrogens is 378 g/mol. The fourth-order valence-corrected chi connectivity index (χ4v) is 4.47. The van der Waals surface area contributed by atoms with Crippen molar-refractivity contribution in [1.29, 1.82) is 0 Å². The highest BCUT2D eigenvalue weighted by Crippen LogP contribution is 2.37. The van der Waals surface area contributed by atoms with Crippen LogP contribution in [0.3, 0.4) is 0 Å². The quantitative estimate of drug-likeness (QED) is 0.296. The first kappa shape index (κ1) is 19.6. The number of aromatic nitrogens is 1. The third-order valence-electron chi connectivity index (χ3n) is 6.06. The molecule has 0 spiro atoms. The Labute approximate surface area is 183 Å². The summed E-state index contributed by atoms with van der Waals surface area (Å²) in [5, 5.41) is 2.31. The molecule has 1 unspecified atom stereocenters. The molecule has 0 aliphatic carbocycles. The zero-order valence-electron chi connectivity index (χ0n) is 18.3. The number of benzene rings is 3. The van der Waals surface area contributed by atoms with Crippen LogP contribution in [0.25, 0.3) is 33.2 Å². The molecule has 0 saturated carbocycles. The van der Waals surface area contributed by atoms with E-state index in [1.165, 1.54) is 16.7 Å². The van der Waals surface area contributed by atoms with Crippen molar-refractivity contribution in [3.05, 3.63) is 102 Å². The SMILES string of the molecule is CC(C)Cc1ccnc(-c2ccc3oc4c(C(C)c5ccccc5)cccc4c3c2)c1. The van der Waals surface area contributed by atoms with Crippen LogP contribution >= 0.6 is 0 Å². The topological polar surface area (TPSA) is 26.0 Å². The molecule has 0 aliphatic heterocycles. The third kappa shape index (κ3) is 3.74. The Morgan fingerprint density at radius 1 is 0.806 bits per heavy atom. The number of para-hydroxylation sites is 1. The molecule has 154 valence electrons. The molecule has 3 aromatic carbocycles. The molecule has 0 bridgehead atoms. The van der Waals surface area contributed by atoms with Gasteiger partial charge in [-0.15, -0.1) is 0 Å². The summed E-state index contributed by atoms with van der Waals surface area (Å²) in [5.41, 5.74) is 7.89. The fourth-order valence-electron chi connectivity index (χ4n) is 4.47. The highest BCUT2D eigenvalue weighted by atomic mass is 16.3. The van der Waals surface area contributed by atoms with Gasteiger partial charge in [0.2, 0.25) is 0 Å². The Morgan fingerprint density at radius 3 is 2.45 bits per heavy atom. The van der Waals surface area contributed by atoms with E-state index in [0.29, 0.717) is 5.92 Å². The number of fused-ring (bicyclic) bond motifs is 3. The van der Waals surface area contributed by atoms with Crippen molar-refractivity contribution in [2.75, 3.05) is 0 Å². The Morgan fingerprint density at radius 2 is 1.65 bits per heavy atom. The van der Waals surface area contributed by atoms with Gasteiger partial charge in [0.15, 0.2) is 0 Å². The van der Waals surface area contributed by atoms with Crippen molar-refractivity contribution in [2.24, 2.45) is 5.92 Å². The number of hydrogen-bond donors (Lipinski definition) is 0. The van der Waals surface area contributed by atoms with Crippen molar-refractivity contribution >= 4 is 21.9 Å². The van der Waals surface area contributed by atoms with E-state index in [1.54, 1.807) is 0 Å². The summed E-state index contributed by atoms with van der Waals surface area (Å²) in [6, 6.07) is 27.8. The van der Waals surface area contributed by atoms with Crippen LogP contribution in [0.4, 0.5) is 0 Å². The van der Waals surface area contributed by atoms with E-state index in [4.69, 9.17) is 4.42 Å². The smallest absolute Gasteiger partial charge is 0.139 e. The van der Waals surface area contributed by atoms with Gasteiger partial charge in [0.05, 0.1) is 5.69 Å². The lowest BCUT2D eigenvalue weighted by Crippen LogP contribution is -1.95. The minimum Gasteiger partial charge on any atom is -0.456 e. The van der Waals surface area contributed by atoms with E-state index < -0.39 is 0 Å². The van der Waals surface area contributed by atoms with Crippen LogP contribution in [0.1, 0.15) is 43.4 Å². The van der Waals surface area contributed by atoms with Gasteiger partial charge in [-0.1, -0.05) is 69.3 Å². The molecule has 0 N–H and O–H groups in total. The molecule has 5 aromatic rings. The van der Waals surface area contributed by atoms with Gasteiger partial charge in [0.25, 0.3) is 0 Å². The van der Waals surface area contributed by atoms with Crippen LogP contribution in [0, 0.1) is 5.92 Å². The van der Waals surface area contributed by atoms with E-state index in [1.807, 2.05) is 6.20 Å². The molecule has 0 saturated heterocycles. The standard InChI is InChI=1S/C29H27NO/c1-19(2)16-21-14-15-30-27(17-21)23-12-13-28-26(18-23)25-11-7-10-24(29(25)31-28)20(3)22-8-5-4-6-9-22/h4-15,17-20H,16H2,1-3H3. The molecule has 0 fully saturated rings. The van der Waals surface area contributed by atoms with Gasteiger partial charge >= 0.3 is 0 Å². The predicted molar refractivity (Wildman–Crippen MR) is 129 cm³/mol. The fraction of sp³-hybridized carbons (Fsp3) is 0.207. The zero-order valence-corrected chi connectivity index (χ0v) is 18.3. The van der Waals surface area contributed by atoms with Crippen LogP contribution in [0.15, 0.2) is 89.5 Å². The second-order valence-electron chi connectivity index (χ2n) is 8.82. The van der Waals surface area contributed by atoms with Crippen LogP contribution in [0.5, 0.6) is 0 Å². The second kappa shape index (κ2) is 8.03. The van der Waals surface area contributed by atoms with Gasteiger partial charge in [-0.3, -0.25) is 4.98 Å². The summed E-state index contributed by atoms with van der Waals surface area (Å²) < 4.78 is 6.37. The lowest BCUT2D eigenvalue weighted by molar-refractivity contribution is 0.647. The molecule has 2 heteroatoms. The number of nitrogens with zero attached hydrogens (tertiary/aromatic N) is 1.